The highest BCUT2D eigenvalue weighted by Crippen LogP contribution is 2.24. The van der Waals surface area contributed by atoms with Crippen molar-refractivity contribution in [2.24, 2.45) is 10.9 Å². The number of hydrogen-bond donors (Lipinski definition) is 2. The van der Waals surface area contributed by atoms with Crippen molar-refractivity contribution in [3.63, 3.8) is 0 Å². The minimum atomic E-state index is -3.60. The highest BCUT2D eigenvalue weighted by molar-refractivity contribution is 7.90. The van der Waals surface area contributed by atoms with E-state index >= 15 is 0 Å². The molecule has 3 rings (SSSR count). The van der Waals surface area contributed by atoms with E-state index in [-0.39, 0.29) is 28.6 Å². The van der Waals surface area contributed by atoms with E-state index in [1.165, 1.54) is 12.8 Å². The second kappa shape index (κ2) is 7.78. The molecule has 1 aromatic rings. The molecule has 0 radical (unpaired) electrons. The van der Waals surface area contributed by atoms with Crippen LogP contribution in [0.25, 0.3) is 0 Å². The Kier molecular flexibility index (Phi) is 5.65. The summed E-state index contributed by atoms with van der Waals surface area (Å²) in [6.07, 6.45) is 6.73. The van der Waals surface area contributed by atoms with Gasteiger partial charge in [-0.3, -0.25) is 14.5 Å². The Morgan fingerprint density at radius 2 is 1.81 bits per heavy atom. The first-order chi connectivity index (χ1) is 12.4. The molecule has 0 unspecified atom stereocenters. The highest BCUT2D eigenvalue weighted by Gasteiger charge is 2.33. The Hall–Kier alpha value is -1.89. The summed E-state index contributed by atoms with van der Waals surface area (Å²) in [5.74, 6) is 0.101. The summed E-state index contributed by atoms with van der Waals surface area (Å²) in [7, 11) is -3.60. The third kappa shape index (κ3) is 4.09. The minimum Gasteiger partial charge on any atom is -0.352 e. The molecule has 26 heavy (non-hydrogen) atoms. The summed E-state index contributed by atoms with van der Waals surface area (Å²) in [5.41, 5.74) is 0.528. The molecule has 1 aromatic carbocycles. The number of carbonyl (C=O) groups is 1. The smallest absolute Gasteiger partial charge is 0.263 e. The van der Waals surface area contributed by atoms with Crippen LogP contribution in [0.5, 0.6) is 0 Å². The average Bonchev–Trinajstić information content (AvgIpc) is 2.75. The standard InChI is InChI=1S/C19H27N3O3S/c1-13(2)17(19(23)20-14-9-5-3-4-6-10-14)21-18-15-11-7-8-12-16(15)26(24,25)22-18/h7-8,11-14,17H,3-6,9-10H2,1-2H3,(H,20,23)(H,21,22)/t17-/m0/s1. The maximum absolute atomic E-state index is 12.8. The van der Waals surface area contributed by atoms with Crippen LogP contribution in [0.15, 0.2) is 34.2 Å². The van der Waals surface area contributed by atoms with E-state index in [9.17, 15) is 13.2 Å². The summed E-state index contributed by atoms with van der Waals surface area (Å²) in [6.45, 7) is 3.85. The Morgan fingerprint density at radius 1 is 1.15 bits per heavy atom. The molecule has 2 N–H and O–H groups in total. The molecule has 1 saturated carbocycles. The molecule has 7 heteroatoms. The van der Waals surface area contributed by atoms with Gasteiger partial charge in [0.15, 0.2) is 0 Å². The molecular formula is C19H27N3O3S. The first-order valence-electron chi connectivity index (χ1n) is 9.39. The molecule has 1 atom stereocenters. The molecule has 142 valence electrons. The normalized spacial score (nSPS) is 22.5. The van der Waals surface area contributed by atoms with Gasteiger partial charge in [-0.05, 0) is 30.9 Å². The molecule has 6 nitrogen and oxygen atoms in total. The quantitative estimate of drug-likeness (QED) is 0.791. The van der Waals surface area contributed by atoms with Gasteiger partial charge in [-0.1, -0.05) is 51.7 Å². The molecule has 2 aliphatic rings. The fourth-order valence-electron chi connectivity index (χ4n) is 3.59. The van der Waals surface area contributed by atoms with Crippen molar-refractivity contribution in [2.75, 3.05) is 0 Å². The van der Waals surface area contributed by atoms with Crippen LogP contribution in [-0.2, 0) is 14.8 Å². The summed E-state index contributed by atoms with van der Waals surface area (Å²) in [5, 5.41) is 3.14. The number of nitrogens with zero attached hydrogens (tertiary/aromatic N) is 1. The summed E-state index contributed by atoms with van der Waals surface area (Å²) in [4.78, 5) is 17.6. The average molecular weight is 378 g/mol. The van der Waals surface area contributed by atoms with Crippen LogP contribution >= 0.6 is 0 Å². The van der Waals surface area contributed by atoms with Crippen LogP contribution < -0.4 is 10.0 Å². The van der Waals surface area contributed by atoms with Crippen LogP contribution in [0.3, 0.4) is 0 Å². The number of amidine groups is 1. The number of carbonyl (C=O) groups excluding carboxylic acids is 1. The van der Waals surface area contributed by atoms with Gasteiger partial charge in [-0.15, -0.1) is 0 Å². The van der Waals surface area contributed by atoms with Crippen molar-refractivity contribution in [2.45, 2.75) is 69.4 Å². The number of sulfonamides is 1. The highest BCUT2D eigenvalue weighted by atomic mass is 32.2. The van der Waals surface area contributed by atoms with Crippen LogP contribution in [0.1, 0.15) is 57.9 Å². The lowest BCUT2D eigenvalue weighted by Crippen LogP contribution is -2.43. The zero-order valence-electron chi connectivity index (χ0n) is 15.4. The zero-order valence-corrected chi connectivity index (χ0v) is 16.2. The number of rotatable bonds is 4. The van der Waals surface area contributed by atoms with E-state index < -0.39 is 16.1 Å². The Labute approximate surface area is 155 Å². The molecule has 1 aliphatic heterocycles. The van der Waals surface area contributed by atoms with Crippen LogP contribution in [-0.4, -0.2) is 32.2 Å². The topological polar surface area (TPSA) is 87.6 Å². The van der Waals surface area contributed by atoms with Crippen LogP contribution in [0.2, 0.25) is 0 Å². The SMILES string of the molecule is CC(C)[C@H](N=C1NS(=O)(=O)c2ccccc21)C(=O)NC1CCCCCC1. The first-order valence-corrected chi connectivity index (χ1v) is 10.9. The maximum Gasteiger partial charge on any atom is 0.263 e. The monoisotopic (exact) mass is 377 g/mol. The van der Waals surface area contributed by atoms with Gasteiger partial charge in [0.25, 0.3) is 10.0 Å². The summed E-state index contributed by atoms with van der Waals surface area (Å²) in [6, 6.07) is 6.29. The Bertz CT molecular complexity index is 794. The fraction of sp³-hybridized carbons (Fsp3) is 0.579. The second-order valence-corrected chi connectivity index (χ2v) is 9.12. The van der Waals surface area contributed by atoms with Crippen molar-refractivity contribution in [3.8, 4) is 0 Å². The second-order valence-electron chi connectivity index (χ2n) is 7.47. The van der Waals surface area contributed by atoms with Gasteiger partial charge in [0.1, 0.15) is 11.9 Å². The number of hydrogen-bond acceptors (Lipinski definition) is 4. The molecule has 0 saturated heterocycles. The molecule has 0 bridgehead atoms. The number of fused-ring (bicyclic) bond motifs is 1. The number of nitrogens with one attached hydrogen (secondary N) is 2. The van der Waals surface area contributed by atoms with E-state index in [1.54, 1.807) is 24.3 Å². The van der Waals surface area contributed by atoms with E-state index in [0.29, 0.717) is 5.56 Å². The van der Waals surface area contributed by atoms with Gasteiger partial charge in [0.05, 0.1) is 4.90 Å². The molecule has 0 aromatic heterocycles. The number of benzene rings is 1. The van der Waals surface area contributed by atoms with E-state index in [4.69, 9.17) is 0 Å². The Morgan fingerprint density at radius 3 is 2.46 bits per heavy atom. The maximum atomic E-state index is 12.8. The lowest BCUT2D eigenvalue weighted by molar-refractivity contribution is -0.123. The lowest BCUT2D eigenvalue weighted by Gasteiger charge is -2.22. The molecule has 1 heterocycles. The zero-order chi connectivity index (χ0) is 18.7. The van der Waals surface area contributed by atoms with Gasteiger partial charge >= 0.3 is 0 Å². The minimum absolute atomic E-state index is 0.0365. The number of aliphatic imine (C=N–C) groups is 1. The van der Waals surface area contributed by atoms with Crippen molar-refractivity contribution in [1.82, 2.24) is 10.0 Å². The third-order valence-corrected chi connectivity index (χ3v) is 6.43. The summed E-state index contributed by atoms with van der Waals surface area (Å²) >= 11 is 0. The van der Waals surface area contributed by atoms with E-state index in [2.05, 4.69) is 15.0 Å². The van der Waals surface area contributed by atoms with Gasteiger partial charge in [-0.25, -0.2) is 8.42 Å². The van der Waals surface area contributed by atoms with Crippen LogP contribution in [0, 0.1) is 5.92 Å². The van der Waals surface area contributed by atoms with Gasteiger partial charge < -0.3 is 5.32 Å². The van der Waals surface area contributed by atoms with Crippen LogP contribution in [0.4, 0.5) is 0 Å². The molecule has 1 aliphatic carbocycles. The van der Waals surface area contributed by atoms with Crippen molar-refractivity contribution < 1.29 is 13.2 Å². The van der Waals surface area contributed by atoms with Crippen molar-refractivity contribution in [1.29, 1.82) is 0 Å². The summed E-state index contributed by atoms with van der Waals surface area (Å²) < 4.78 is 27.0. The van der Waals surface area contributed by atoms with E-state index in [1.807, 2.05) is 13.8 Å². The van der Waals surface area contributed by atoms with Gasteiger partial charge in [0.2, 0.25) is 5.91 Å². The first kappa shape index (κ1) is 18.9. The van der Waals surface area contributed by atoms with E-state index in [0.717, 1.165) is 25.7 Å². The molecular weight excluding hydrogens is 350 g/mol. The molecule has 0 spiro atoms. The largest absolute Gasteiger partial charge is 0.352 e. The van der Waals surface area contributed by atoms with Gasteiger partial charge in [-0.2, -0.15) is 0 Å². The molecule has 1 fully saturated rings. The van der Waals surface area contributed by atoms with Crippen molar-refractivity contribution >= 4 is 21.8 Å². The third-order valence-electron chi connectivity index (χ3n) is 5.03. The van der Waals surface area contributed by atoms with Gasteiger partial charge in [0, 0.05) is 11.6 Å². The molecule has 1 amide bonds. The van der Waals surface area contributed by atoms with Crippen molar-refractivity contribution in [3.05, 3.63) is 29.8 Å². The number of amides is 1. The lowest BCUT2D eigenvalue weighted by atomic mass is 10.0. The predicted octanol–water partition coefficient (Wildman–Crippen LogP) is 2.59. The predicted molar refractivity (Wildman–Crippen MR) is 102 cm³/mol. The fourth-order valence-corrected chi connectivity index (χ4v) is 4.83. The Balaban J connectivity index is 1.82.